The van der Waals surface area contributed by atoms with Crippen LogP contribution in [0, 0.1) is 5.92 Å². The molecule has 1 saturated carbocycles. The van der Waals surface area contributed by atoms with Crippen LogP contribution in [0.1, 0.15) is 31.2 Å². The molecule has 0 aromatic heterocycles. The second-order valence-electron chi connectivity index (χ2n) is 5.12. The molecule has 0 heterocycles. The number of carbonyl (C=O) groups is 1. The average molecular weight is 233 g/mol. The molecule has 0 aliphatic heterocycles. The van der Waals surface area contributed by atoms with Crippen molar-refractivity contribution in [3.8, 4) is 0 Å². The van der Waals surface area contributed by atoms with Gasteiger partial charge in [-0.1, -0.05) is 49.6 Å². The van der Waals surface area contributed by atoms with Gasteiger partial charge in [-0.15, -0.1) is 0 Å². The molecule has 0 spiro atoms. The van der Waals surface area contributed by atoms with Gasteiger partial charge in [0.05, 0.1) is 0 Å². The third-order valence-electron chi connectivity index (χ3n) is 3.67. The Labute approximate surface area is 102 Å². The molecule has 1 aliphatic rings. The Hall–Kier alpha value is -1.35. The fourth-order valence-corrected chi connectivity index (χ4v) is 2.41. The summed E-state index contributed by atoms with van der Waals surface area (Å²) in [5.41, 5.74) is 5.98. The molecule has 1 aromatic rings. The number of carboxylic acid groups (broad SMARTS) is 1. The summed E-state index contributed by atoms with van der Waals surface area (Å²) in [6.07, 6.45) is 4.48. The number of hydrogen-bond acceptors (Lipinski definition) is 2. The molecule has 0 bridgehead atoms. The molecule has 0 radical (unpaired) electrons. The summed E-state index contributed by atoms with van der Waals surface area (Å²) in [4.78, 5) is 11.4. The molecule has 17 heavy (non-hydrogen) atoms. The van der Waals surface area contributed by atoms with E-state index in [1.807, 2.05) is 30.3 Å². The first-order valence-corrected chi connectivity index (χ1v) is 6.16. The summed E-state index contributed by atoms with van der Waals surface area (Å²) in [5.74, 6) is -0.381. The van der Waals surface area contributed by atoms with Crippen molar-refractivity contribution >= 4 is 5.97 Å². The van der Waals surface area contributed by atoms with Crippen LogP contribution < -0.4 is 5.73 Å². The fraction of sp³-hybridized carbons (Fsp3) is 0.500. The van der Waals surface area contributed by atoms with E-state index in [1.54, 1.807) is 0 Å². The fourth-order valence-electron chi connectivity index (χ4n) is 2.41. The standard InChI is InChI=1S/C14H19NO2/c15-14(13(16)17,10-12-7-4-8-12)9-11-5-2-1-3-6-11/h1-3,5-6,12H,4,7-10,15H2,(H,16,17)/t14-/m1/s1. The van der Waals surface area contributed by atoms with E-state index < -0.39 is 11.5 Å². The zero-order valence-corrected chi connectivity index (χ0v) is 9.93. The third-order valence-corrected chi connectivity index (χ3v) is 3.67. The summed E-state index contributed by atoms with van der Waals surface area (Å²) in [6.45, 7) is 0. The van der Waals surface area contributed by atoms with E-state index in [9.17, 15) is 9.90 Å². The van der Waals surface area contributed by atoms with Crippen molar-refractivity contribution < 1.29 is 9.90 Å². The largest absolute Gasteiger partial charge is 0.480 e. The number of carboxylic acids is 1. The molecule has 1 atom stereocenters. The van der Waals surface area contributed by atoms with Crippen LogP contribution in [-0.4, -0.2) is 16.6 Å². The highest BCUT2D eigenvalue weighted by Crippen LogP contribution is 2.34. The molecule has 1 fully saturated rings. The SMILES string of the molecule is N[C@](Cc1ccccc1)(CC1CCC1)C(=O)O. The van der Waals surface area contributed by atoms with Crippen LogP contribution in [0.2, 0.25) is 0 Å². The average Bonchev–Trinajstić information content (AvgIpc) is 2.25. The molecular weight excluding hydrogens is 214 g/mol. The first kappa shape index (κ1) is 12.1. The topological polar surface area (TPSA) is 63.3 Å². The van der Waals surface area contributed by atoms with Gasteiger partial charge in [-0.25, -0.2) is 0 Å². The lowest BCUT2D eigenvalue weighted by Gasteiger charge is -2.34. The Bertz CT molecular complexity index is 386. The quantitative estimate of drug-likeness (QED) is 0.819. The van der Waals surface area contributed by atoms with Gasteiger partial charge in [0.15, 0.2) is 0 Å². The number of hydrogen-bond donors (Lipinski definition) is 2. The number of benzene rings is 1. The van der Waals surface area contributed by atoms with Gasteiger partial charge in [-0.05, 0) is 17.9 Å². The van der Waals surface area contributed by atoms with Crippen molar-refractivity contribution in [2.24, 2.45) is 11.7 Å². The molecule has 3 N–H and O–H groups in total. The monoisotopic (exact) mass is 233 g/mol. The van der Waals surface area contributed by atoms with E-state index in [-0.39, 0.29) is 0 Å². The van der Waals surface area contributed by atoms with E-state index in [1.165, 1.54) is 6.42 Å². The molecule has 1 aliphatic carbocycles. The minimum atomic E-state index is -1.10. The maximum absolute atomic E-state index is 11.4. The molecule has 0 amide bonds. The lowest BCUT2D eigenvalue weighted by Crippen LogP contribution is -2.51. The van der Waals surface area contributed by atoms with Gasteiger partial charge < -0.3 is 10.8 Å². The molecular formula is C14H19NO2. The van der Waals surface area contributed by atoms with Crippen molar-refractivity contribution in [2.45, 2.75) is 37.6 Å². The first-order chi connectivity index (χ1) is 8.10. The van der Waals surface area contributed by atoms with Crippen molar-refractivity contribution in [1.82, 2.24) is 0 Å². The third kappa shape index (κ3) is 2.86. The van der Waals surface area contributed by atoms with Crippen LogP contribution in [0.15, 0.2) is 30.3 Å². The Morgan fingerprint density at radius 2 is 2.00 bits per heavy atom. The normalized spacial score (nSPS) is 19.4. The molecule has 0 saturated heterocycles. The molecule has 3 nitrogen and oxygen atoms in total. The van der Waals surface area contributed by atoms with Crippen LogP contribution >= 0.6 is 0 Å². The summed E-state index contributed by atoms with van der Waals surface area (Å²) >= 11 is 0. The Morgan fingerprint density at radius 3 is 2.47 bits per heavy atom. The molecule has 92 valence electrons. The summed E-state index contributed by atoms with van der Waals surface area (Å²) in [7, 11) is 0. The zero-order chi connectivity index (χ0) is 12.3. The van der Waals surface area contributed by atoms with E-state index in [4.69, 9.17) is 5.73 Å². The molecule has 1 aromatic carbocycles. The summed E-state index contributed by atoms with van der Waals surface area (Å²) < 4.78 is 0. The second kappa shape index (κ2) is 4.88. The number of aliphatic carboxylic acids is 1. The maximum Gasteiger partial charge on any atom is 0.324 e. The maximum atomic E-state index is 11.4. The first-order valence-electron chi connectivity index (χ1n) is 6.16. The van der Waals surface area contributed by atoms with Crippen LogP contribution in [0.5, 0.6) is 0 Å². The number of rotatable bonds is 5. The smallest absolute Gasteiger partial charge is 0.324 e. The lowest BCUT2D eigenvalue weighted by molar-refractivity contribution is -0.144. The van der Waals surface area contributed by atoms with E-state index in [2.05, 4.69) is 0 Å². The van der Waals surface area contributed by atoms with E-state index >= 15 is 0 Å². The van der Waals surface area contributed by atoms with Gasteiger partial charge >= 0.3 is 5.97 Å². The van der Waals surface area contributed by atoms with Crippen LogP contribution in [0.25, 0.3) is 0 Å². The van der Waals surface area contributed by atoms with Crippen molar-refractivity contribution in [1.29, 1.82) is 0 Å². The van der Waals surface area contributed by atoms with Crippen molar-refractivity contribution in [2.75, 3.05) is 0 Å². The lowest BCUT2D eigenvalue weighted by atomic mass is 9.74. The van der Waals surface area contributed by atoms with Crippen LogP contribution in [-0.2, 0) is 11.2 Å². The van der Waals surface area contributed by atoms with E-state index in [0.717, 1.165) is 18.4 Å². The van der Waals surface area contributed by atoms with Gasteiger partial charge in [-0.2, -0.15) is 0 Å². The molecule has 0 unspecified atom stereocenters. The molecule has 3 heteroatoms. The molecule has 2 rings (SSSR count). The Kier molecular flexibility index (Phi) is 3.48. The highest BCUT2D eigenvalue weighted by atomic mass is 16.4. The van der Waals surface area contributed by atoms with Gasteiger partial charge in [-0.3, -0.25) is 4.79 Å². The number of nitrogens with two attached hydrogens (primary N) is 1. The van der Waals surface area contributed by atoms with Gasteiger partial charge in [0.2, 0.25) is 0 Å². The summed E-state index contributed by atoms with van der Waals surface area (Å²) in [6, 6.07) is 9.63. The summed E-state index contributed by atoms with van der Waals surface area (Å²) in [5, 5.41) is 9.34. The van der Waals surface area contributed by atoms with Gasteiger partial charge in [0.25, 0.3) is 0 Å². The zero-order valence-electron chi connectivity index (χ0n) is 9.93. The van der Waals surface area contributed by atoms with Gasteiger partial charge in [0.1, 0.15) is 5.54 Å². The van der Waals surface area contributed by atoms with Crippen LogP contribution in [0.4, 0.5) is 0 Å². The Balaban J connectivity index is 2.07. The Morgan fingerprint density at radius 1 is 1.35 bits per heavy atom. The van der Waals surface area contributed by atoms with Crippen molar-refractivity contribution in [3.63, 3.8) is 0 Å². The minimum Gasteiger partial charge on any atom is -0.480 e. The van der Waals surface area contributed by atoms with Crippen molar-refractivity contribution in [3.05, 3.63) is 35.9 Å². The predicted molar refractivity (Wildman–Crippen MR) is 66.7 cm³/mol. The van der Waals surface area contributed by atoms with E-state index in [0.29, 0.717) is 18.8 Å². The highest BCUT2D eigenvalue weighted by Gasteiger charge is 2.38. The van der Waals surface area contributed by atoms with Crippen LogP contribution in [0.3, 0.4) is 0 Å². The van der Waals surface area contributed by atoms with Gasteiger partial charge in [0, 0.05) is 6.42 Å². The minimum absolute atomic E-state index is 0.416. The second-order valence-corrected chi connectivity index (χ2v) is 5.12. The predicted octanol–water partition coefficient (Wildman–Crippen LogP) is 2.20. The highest BCUT2D eigenvalue weighted by molar-refractivity contribution is 5.79.